The number of hydrogen-bond donors (Lipinski definition) is 1. The molecule has 1 atom stereocenters. The molecule has 1 unspecified atom stereocenters. The lowest BCUT2D eigenvalue weighted by atomic mass is 10.0. The number of methoxy groups -OCH3 is 1. The average molecular weight is 215 g/mol. The summed E-state index contributed by atoms with van der Waals surface area (Å²) >= 11 is 0. The van der Waals surface area contributed by atoms with E-state index >= 15 is 0 Å². The molecule has 4 heteroatoms. The molecule has 1 saturated heterocycles. The molecule has 1 heterocycles. The van der Waals surface area contributed by atoms with Crippen molar-refractivity contribution in [2.45, 2.75) is 25.7 Å². The minimum absolute atomic E-state index is 0.0713. The summed E-state index contributed by atoms with van der Waals surface area (Å²) in [5.41, 5.74) is 0. The highest BCUT2D eigenvalue weighted by Gasteiger charge is 2.15. The van der Waals surface area contributed by atoms with E-state index < -0.39 is 0 Å². The molecule has 15 heavy (non-hydrogen) atoms. The van der Waals surface area contributed by atoms with Crippen molar-refractivity contribution in [1.82, 2.24) is 5.32 Å². The van der Waals surface area contributed by atoms with Crippen molar-refractivity contribution < 1.29 is 14.3 Å². The lowest BCUT2D eigenvalue weighted by Crippen LogP contribution is -2.12. The van der Waals surface area contributed by atoms with Crippen molar-refractivity contribution >= 4 is 5.97 Å². The number of rotatable bonds is 7. The van der Waals surface area contributed by atoms with Crippen LogP contribution in [0, 0.1) is 5.92 Å². The van der Waals surface area contributed by atoms with Gasteiger partial charge in [-0.2, -0.15) is 0 Å². The van der Waals surface area contributed by atoms with Crippen LogP contribution in [0.2, 0.25) is 0 Å². The number of carbonyl (C=O) groups excluding carboxylic acids is 1. The van der Waals surface area contributed by atoms with E-state index in [1.165, 1.54) is 6.42 Å². The van der Waals surface area contributed by atoms with Crippen molar-refractivity contribution in [2.24, 2.45) is 5.92 Å². The lowest BCUT2D eigenvalue weighted by molar-refractivity contribution is -0.144. The zero-order valence-corrected chi connectivity index (χ0v) is 9.46. The third-order valence-electron chi connectivity index (χ3n) is 2.67. The largest absolute Gasteiger partial charge is 0.466 e. The monoisotopic (exact) mass is 215 g/mol. The van der Waals surface area contributed by atoms with Crippen LogP contribution in [0.1, 0.15) is 25.7 Å². The van der Waals surface area contributed by atoms with Gasteiger partial charge < -0.3 is 14.8 Å². The highest BCUT2D eigenvalue weighted by atomic mass is 16.5. The van der Waals surface area contributed by atoms with Crippen LogP contribution in [0.3, 0.4) is 0 Å². The van der Waals surface area contributed by atoms with Crippen molar-refractivity contribution in [3.05, 3.63) is 0 Å². The number of hydrogen-bond acceptors (Lipinski definition) is 4. The second kappa shape index (κ2) is 7.65. The van der Waals surface area contributed by atoms with Crippen LogP contribution in [0.5, 0.6) is 0 Å². The molecule has 1 rings (SSSR count). The second-order valence-electron chi connectivity index (χ2n) is 3.96. The van der Waals surface area contributed by atoms with Crippen LogP contribution in [-0.2, 0) is 14.3 Å². The summed E-state index contributed by atoms with van der Waals surface area (Å²) in [5, 5.41) is 3.29. The van der Waals surface area contributed by atoms with E-state index in [4.69, 9.17) is 9.47 Å². The molecule has 1 N–H and O–H groups in total. The van der Waals surface area contributed by atoms with Crippen LogP contribution < -0.4 is 5.32 Å². The van der Waals surface area contributed by atoms with E-state index in [0.29, 0.717) is 25.6 Å². The molecule has 1 aliphatic heterocycles. The van der Waals surface area contributed by atoms with Crippen LogP contribution in [0.25, 0.3) is 0 Å². The Morgan fingerprint density at radius 1 is 1.47 bits per heavy atom. The molecular weight excluding hydrogens is 194 g/mol. The van der Waals surface area contributed by atoms with Crippen LogP contribution in [-0.4, -0.2) is 39.4 Å². The Hall–Kier alpha value is -0.610. The van der Waals surface area contributed by atoms with Crippen LogP contribution in [0.15, 0.2) is 0 Å². The first kappa shape index (κ1) is 12.5. The maximum absolute atomic E-state index is 11.3. The maximum Gasteiger partial charge on any atom is 0.305 e. The van der Waals surface area contributed by atoms with Gasteiger partial charge in [0, 0.05) is 26.6 Å². The van der Waals surface area contributed by atoms with Gasteiger partial charge in [-0.3, -0.25) is 4.79 Å². The fourth-order valence-electron chi connectivity index (χ4n) is 1.74. The molecule has 4 nitrogen and oxygen atoms in total. The molecule has 0 aromatic rings. The van der Waals surface area contributed by atoms with E-state index in [1.54, 1.807) is 7.11 Å². The minimum Gasteiger partial charge on any atom is -0.466 e. The van der Waals surface area contributed by atoms with Crippen LogP contribution in [0.4, 0.5) is 0 Å². The Balaban J connectivity index is 1.93. The highest BCUT2D eigenvalue weighted by Crippen LogP contribution is 2.14. The van der Waals surface area contributed by atoms with Gasteiger partial charge in [0.05, 0.1) is 6.61 Å². The van der Waals surface area contributed by atoms with Gasteiger partial charge in [0.25, 0.3) is 0 Å². The molecular formula is C11H21NO3. The van der Waals surface area contributed by atoms with Crippen molar-refractivity contribution in [3.63, 3.8) is 0 Å². The number of nitrogens with one attached hydrogen (secondary N) is 1. The number of ether oxygens (including phenoxy) is 2. The first-order valence-electron chi connectivity index (χ1n) is 5.68. The number of carbonyl (C=O) groups is 1. The van der Waals surface area contributed by atoms with Crippen LogP contribution >= 0.6 is 0 Å². The molecule has 88 valence electrons. The molecule has 0 aliphatic carbocycles. The van der Waals surface area contributed by atoms with E-state index in [1.807, 2.05) is 0 Å². The third kappa shape index (κ3) is 5.74. The van der Waals surface area contributed by atoms with E-state index in [-0.39, 0.29) is 5.97 Å². The van der Waals surface area contributed by atoms with Gasteiger partial charge >= 0.3 is 5.97 Å². The molecule has 0 radical (unpaired) electrons. The quantitative estimate of drug-likeness (QED) is 0.507. The molecule has 0 aromatic heterocycles. The van der Waals surface area contributed by atoms with Crippen molar-refractivity contribution in [3.8, 4) is 0 Å². The lowest BCUT2D eigenvalue weighted by Gasteiger charge is -2.07. The zero-order chi connectivity index (χ0) is 10.9. The fourth-order valence-corrected chi connectivity index (χ4v) is 1.74. The summed E-state index contributed by atoms with van der Waals surface area (Å²) in [7, 11) is 1.65. The summed E-state index contributed by atoms with van der Waals surface area (Å²) in [6.07, 6.45) is 3.49. The smallest absolute Gasteiger partial charge is 0.305 e. The summed E-state index contributed by atoms with van der Waals surface area (Å²) in [6, 6.07) is 0. The average Bonchev–Trinajstić information content (AvgIpc) is 2.74. The molecule has 0 amide bonds. The predicted molar refractivity (Wildman–Crippen MR) is 57.7 cm³/mol. The summed E-state index contributed by atoms with van der Waals surface area (Å²) in [4.78, 5) is 11.3. The van der Waals surface area contributed by atoms with Gasteiger partial charge in [0.1, 0.15) is 0 Å². The van der Waals surface area contributed by atoms with E-state index in [0.717, 1.165) is 25.9 Å². The van der Waals surface area contributed by atoms with Gasteiger partial charge in [0.15, 0.2) is 0 Å². The van der Waals surface area contributed by atoms with Gasteiger partial charge in [0.2, 0.25) is 0 Å². The van der Waals surface area contributed by atoms with E-state index in [2.05, 4.69) is 5.32 Å². The Kier molecular flexibility index (Phi) is 6.36. The van der Waals surface area contributed by atoms with Crippen molar-refractivity contribution in [1.29, 1.82) is 0 Å². The molecule has 1 aliphatic rings. The van der Waals surface area contributed by atoms with Gasteiger partial charge in [-0.15, -0.1) is 0 Å². The standard InChI is InChI=1S/C11H21NO3/c1-14-7-2-8-15-11(13)4-3-10-5-6-12-9-10/h10,12H,2-9H2,1H3. The fraction of sp³-hybridized carbons (Fsp3) is 0.909. The normalized spacial score (nSPS) is 20.5. The zero-order valence-electron chi connectivity index (χ0n) is 9.46. The summed E-state index contributed by atoms with van der Waals surface area (Å²) in [6.45, 7) is 3.28. The second-order valence-corrected chi connectivity index (χ2v) is 3.96. The molecule has 0 spiro atoms. The molecule has 1 fully saturated rings. The third-order valence-corrected chi connectivity index (χ3v) is 2.67. The molecule has 0 saturated carbocycles. The Morgan fingerprint density at radius 3 is 3.00 bits per heavy atom. The first-order valence-corrected chi connectivity index (χ1v) is 5.68. The molecule has 0 aromatic carbocycles. The molecule has 0 bridgehead atoms. The number of esters is 1. The van der Waals surface area contributed by atoms with Gasteiger partial charge in [-0.1, -0.05) is 0 Å². The minimum atomic E-state index is -0.0713. The van der Waals surface area contributed by atoms with Crippen molar-refractivity contribution in [2.75, 3.05) is 33.4 Å². The predicted octanol–water partition coefficient (Wildman–Crippen LogP) is 0.956. The van der Waals surface area contributed by atoms with E-state index in [9.17, 15) is 4.79 Å². The van der Waals surface area contributed by atoms with Gasteiger partial charge in [-0.05, 0) is 31.8 Å². The Labute approximate surface area is 91.3 Å². The maximum atomic E-state index is 11.3. The summed E-state index contributed by atoms with van der Waals surface area (Å²) < 4.78 is 9.93. The Morgan fingerprint density at radius 2 is 2.33 bits per heavy atom. The first-order chi connectivity index (χ1) is 7.33. The van der Waals surface area contributed by atoms with Gasteiger partial charge in [-0.25, -0.2) is 0 Å². The summed E-state index contributed by atoms with van der Waals surface area (Å²) in [5.74, 6) is 0.592. The topological polar surface area (TPSA) is 47.6 Å². The Bertz CT molecular complexity index is 179. The highest BCUT2D eigenvalue weighted by molar-refractivity contribution is 5.69. The SMILES string of the molecule is COCCCOC(=O)CCC1CCNC1.